The summed E-state index contributed by atoms with van der Waals surface area (Å²) in [5, 5.41) is 4.36. The fraction of sp³-hybridized carbons (Fsp3) is 0.333. The van der Waals surface area contributed by atoms with E-state index in [-0.39, 0.29) is 11.9 Å². The lowest BCUT2D eigenvalue weighted by molar-refractivity contribution is 0.270. The Labute approximate surface area is 130 Å². The summed E-state index contributed by atoms with van der Waals surface area (Å²) in [6, 6.07) is 15.6. The molecule has 0 amide bonds. The third kappa shape index (κ3) is 3.45. The van der Waals surface area contributed by atoms with Crippen molar-refractivity contribution in [1.82, 2.24) is 5.32 Å². The van der Waals surface area contributed by atoms with Gasteiger partial charge in [-0.1, -0.05) is 35.9 Å². The largest absolute Gasteiger partial charge is 0.307 e. The minimum absolute atomic E-state index is 0.172. The molecule has 3 heteroatoms. The number of nitrogens with one attached hydrogen (secondary N) is 1. The topological polar surface area (TPSA) is 12.0 Å². The van der Waals surface area contributed by atoms with Gasteiger partial charge in [-0.25, -0.2) is 4.39 Å². The average Bonchev–Trinajstić information content (AvgIpc) is 2.43. The number of halogens is 2. The maximum Gasteiger partial charge on any atom is 0.123 e. The number of hydrogen-bond acceptors (Lipinski definition) is 1. The van der Waals surface area contributed by atoms with E-state index in [2.05, 4.69) is 24.4 Å². The lowest BCUT2D eigenvalue weighted by atomic mass is 9.75. The summed E-state index contributed by atoms with van der Waals surface area (Å²) in [5.41, 5.74) is 2.36. The van der Waals surface area contributed by atoms with Crippen molar-refractivity contribution >= 4 is 11.6 Å². The summed E-state index contributed by atoms with van der Waals surface area (Å²) in [4.78, 5) is 0. The summed E-state index contributed by atoms with van der Waals surface area (Å²) in [5.74, 6) is 0.438. The van der Waals surface area contributed by atoms with Crippen LogP contribution in [0.3, 0.4) is 0 Å². The molecule has 0 radical (unpaired) electrons. The van der Waals surface area contributed by atoms with Gasteiger partial charge in [-0.3, -0.25) is 0 Å². The quantitative estimate of drug-likeness (QED) is 0.831. The highest BCUT2D eigenvalue weighted by Crippen LogP contribution is 2.38. The molecule has 1 atom stereocenters. The lowest BCUT2D eigenvalue weighted by Gasteiger charge is -2.38. The van der Waals surface area contributed by atoms with Crippen LogP contribution in [0.2, 0.25) is 5.02 Å². The van der Waals surface area contributed by atoms with Gasteiger partial charge in [-0.15, -0.1) is 0 Å². The molecule has 0 spiro atoms. The van der Waals surface area contributed by atoms with Crippen LogP contribution in [-0.4, -0.2) is 6.04 Å². The molecular formula is C18H19ClFN. The highest BCUT2D eigenvalue weighted by atomic mass is 35.5. The fourth-order valence-corrected chi connectivity index (χ4v) is 3.11. The highest BCUT2D eigenvalue weighted by molar-refractivity contribution is 6.30. The summed E-state index contributed by atoms with van der Waals surface area (Å²) >= 11 is 5.91. The number of rotatable bonds is 4. The van der Waals surface area contributed by atoms with Crippen LogP contribution >= 0.6 is 11.6 Å². The summed E-state index contributed by atoms with van der Waals surface area (Å²) < 4.78 is 13.2. The van der Waals surface area contributed by atoms with Crippen molar-refractivity contribution < 1.29 is 4.39 Å². The van der Waals surface area contributed by atoms with Crippen molar-refractivity contribution in [3.8, 4) is 0 Å². The van der Waals surface area contributed by atoms with Gasteiger partial charge in [0.2, 0.25) is 0 Å². The van der Waals surface area contributed by atoms with Gasteiger partial charge >= 0.3 is 0 Å². The third-order valence-electron chi connectivity index (χ3n) is 4.31. The van der Waals surface area contributed by atoms with E-state index in [1.807, 2.05) is 18.2 Å². The molecule has 0 bridgehead atoms. The Morgan fingerprint density at radius 3 is 2.52 bits per heavy atom. The lowest BCUT2D eigenvalue weighted by Crippen LogP contribution is -2.41. The minimum Gasteiger partial charge on any atom is -0.307 e. The SMILES string of the molecule is C[C@H](NC1CC(c2ccc(Cl)cc2)C1)c1cccc(F)c1. The van der Waals surface area contributed by atoms with Crippen molar-refractivity contribution in [2.45, 2.75) is 37.8 Å². The maximum atomic E-state index is 13.2. The molecule has 0 unspecified atom stereocenters. The predicted octanol–water partition coefficient (Wildman–Crippen LogP) is 5.08. The minimum atomic E-state index is -0.172. The molecule has 0 saturated heterocycles. The van der Waals surface area contributed by atoms with Crippen LogP contribution in [0.4, 0.5) is 4.39 Å². The second kappa shape index (κ2) is 6.17. The van der Waals surface area contributed by atoms with Gasteiger partial charge in [0.1, 0.15) is 5.82 Å². The monoisotopic (exact) mass is 303 g/mol. The van der Waals surface area contributed by atoms with Gasteiger partial charge in [-0.2, -0.15) is 0 Å². The second-order valence-corrected chi connectivity index (χ2v) is 6.30. The molecular weight excluding hydrogens is 285 g/mol. The standard InChI is InChI=1S/C18H19ClFN/c1-12(14-3-2-4-17(20)9-14)21-18-10-15(11-18)13-5-7-16(19)8-6-13/h2-9,12,15,18,21H,10-11H2,1H3/t12-,15?,18?/m0/s1. The first kappa shape index (κ1) is 14.6. The van der Waals surface area contributed by atoms with Gasteiger partial charge in [-0.05, 0) is 61.1 Å². The van der Waals surface area contributed by atoms with Crippen LogP contribution in [0, 0.1) is 5.82 Å². The first-order valence-corrected chi connectivity index (χ1v) is 7.76. The van der Waals surface area contributed by atoms with E-state index in [0.29, 0.717) is 12.0 Å². The Balaban J connectivity index is 1.54. The molecule has 1 aliphatic carbocycles. The third-order valence-corrected chi connectivity index (χ3v) is 4.57. The molecule has 1 nitrogen and oxygen atoms in total. The van der Waals surface area contributed by atoms with E-state index in [9.17, 15) is 4.39 Å². The zero-order valence-electron chi connectivity index (χ0n) is 12.0. The van der Waals surface area contributed by atoms with Gasteiger partial charge < -0.3 is 5.32 Å². The number of hydrogen-bond donors (Lipinski definition) is 1. The van der Waals surface area contributed by atoms with Crippen LogP contribution in [0.1, 0.15) is 42.9 Å². The van der Waals surface area contributed by atoms with Crippen molar-refractivity contribution in [2.75, 3.05) is 0 Å². The zero-order valence-corrected chi connectivity index (χ0v) is 12.8. The van der Waals surface area contributed by atoms with E-state index in [1.165, 1.54) is 11.6 Å². The Morgan fingerprint density at radius 2 is 1.86 bits per heavy atom. The Bertz CT molecular complexity index is 605. The molecule has 0 heterocycles. The van der Waals surface area contributed by atoms with Crippen molar-refractivity contribution in [3.63, 3.8) is 0 Å². The van der Waals surface area contributed by atoms with Gasteiger partial charge in [0.05, 0.1) is 0 Å². The summed E-state index contributed by atoms with van der Waals surface area (Å²) in [6.45, 7) is 2.09. The average molecular weight is 304 g/mol. The zero-order chi connectivity index (χ0) is 14.8. The molecule has 2 aromatic carbocycles. The molecule has 1 aliphatic rings. The van der Waals surface area contributed by atoms with E-state index >= 15 is 0 Å². The maximum absolute atomic E-state index is 13.2. The summed E-state index contributed by atoms with van der Waals surface area (Å²) in [7, 11) is 0. The Morgan fingerprint density at radius 1 is 1.14 bits per heavy atom. The van der Waals surface area contributed by atoms with Crippen molar-refractivity contribution in [3.05, 3.63) is 70.5 Å². The Hall–Kier alpha value is -1.38. The number of benzene rings is 2. The Kier molecular flexibility index (Phi) is 4.27. The van der Waals surface area contributed by atoms with E-state index in [4.69, 9.17) is 11.6 Å². The van der Waals surface area contributed by atoms with Crippen LogP contribution in [-0.2, 0) is 0 Å². The van der Waals surface area contributed by atoms with Crippen LogP contribution < -0.4 is 5.32 Å². The van der Waals surface area contributed by atoms with E-state index in [1.54, 1.807) is 12.1 Å². The van der Waals surface area contributed by atoms with Crippen LogP contribution in [0.25, 0.3) is 0 Å². The molecule has 1 N–H and O–H groups in total. The molecule has 0 aliphatic heterocycles. The highest BCUT2D eigenvalue weighted by Gasteiger charge is 2.31. The van der Waals surface area contributed by atoms with Gasteiger partial charge in [0.15, 0.2) is 0 Å². The van der Waals surface area contributed by atoms with Crippen molar-refractivity contribution in [2.24, 2.45) is 0 Å². The first-order valence-electron chi connectivity index (χ1n) is 7.39. The van der Waals surface area contributed by atoms with Gasteiger partial charge in [0.25, 0.3) is 0 Å². The fourth-order valence-electron chi connectivity index (χ4n) is 2.99. The molecule has 1 fully saturated rings. The van der Waals surface area contributed by atoms with Crippen molar-refractivity contribution in [1.29, 1.82) is 0 Å². The molecule has 2 aromatic rings. The molecule has 21 heavy (non-hydrogen) atoms. The summed E-state index contributed by atoms with van der Waals surface area (Å²) in [6.07, 6.45) is 2.25. The van der Waals surface area contributed by atoms with Crippen LogP contribution in [0.15, 0.2) is 48.5 Å². The molecule has 0 aromatic heterocycles. The van der Waals surface area contributed by atoms with Gasteiger partial charge in [0, 0.05) is 17.1 Å². The normalized spacial score (nSPS) is 22.6. The predicted molar refractivity (Wildman–Crippen MR) is 85.2 cm³/mol. The van der Waals surface area contributed by atoms with E-state index < -0.39 is 0 Å². The smallest absolute Gasteiger partial charge is 0.123 e. The van der Waals surface area contributed by atoms with Crippen LogP contribution in [0.5, 0.6) is 0 Å². The van der Waals surface area contributed by atoms with E-state index in [0.717, 1.165) is 23.4 Å². The first-order chi connectivity index (χ1) is 10.1. The molecule has 3 rings (SSSR count). The molecule has 110 valence electrons. The molecule has 1 saturated carbocycles. The second-order valence-electron chi connectivity index (χ2n) is 5.86.